The SMILES string of the molecule is COc1ccc(CN2CCN(c3ccc4cccc(-c5cncnc5)c4n3)CC2)cc1. The summed E-state index contributed by atoms with van der Waals surface area (Å²) in [6.07, 6.45) is 5.24. The molecular formula is C25H25N5O. The summed E-state index contributed by atoms with van der Waals surface area (Å²) in [6, 6.07) is 18.9. The lowest BCUT2D eigenvalue weighted by Gasteiger charge is -2.35. The fraction of sp³-hybridized carbons (Fsp3) is 0.240. The predicted octanol–water partition coefficient (Wildman–Crippen LogP) is 4.02. The van der Waals surface area contributed by atoms with Crippen molar-refractivity contribution in [1.29, 1.82) is 0 Å². The van der Waals surface area contributed by atoms with Crippen molar-refractivity contribution in [2.45, 2.75) is 6.54 Å². The maximum atomic E-state index is 5.26. The van der Waals surface area contributed by atoms with E-state index in [0.717, 1.165) is 66.3 Å². The van der Waals surface area contributed by atoms with Gasteiger partial charge in [0.15, 0.2) is 0 Å². The van der Waals surface area contributed by atoms with Crippen molar-refractivity contribution in [3.8, 4) is 16.9 Å². The van der Waals surface area contributed by atoms with Gasteiger partial charge in [-0.2, -0.15) is 0 Å². The van der Waals surface area contributed by atoms with E-state index in [1.807, 2.05) is 24.5 Å². The highest BCUT2D eigenvalue weighted by molar-refractivity contribution is 5.94. The first kappa shape index (κ1) is 19.5. The van der Waals surface area contributed by atoms with Crippen molar-refractivity contribution < 1.29 is 4.74 Å². The van der Waals surface area contributed by atoms with Crippen molar-refractivity contribution in [3.63, 3.8) is 0 Å². The number of benzene rings is 2. The van der Waals surface area contributed by atoms with E-state index < -0.39 is 0 Å². The number of rotatable bonds is 5. The Hall–Kier alpha value is -3.51. The van der Waals surface area contributed by atoms with Crippen molar-refractivity contribution in [2.75, 3.05) is 38.2 Å². The lowest BCUT2D eigenvalue weighted by Crippen LogP contribution is -2.46. The van der Waals surface area contributed by atoms with Crippen LogP contribution in [0.3, 0.4) is 0 Å². The largest absolute Gasteiger partial charge is 0.497 e. The molecule has 0 radical (unpaired) electrons. The molecule has 1 aliphatic rings. The number of ether oxygens (including phenoxy) is 1. The zero-order valence-electron chi connectivity index (χ0n) is 17.6. The zero-order valence-corrected chi connectivity index (χ0v) is 17.6. The van der Waals surface area contributed by atoms with Gasteiger partial charge in [-0.15, -0.1) is 0 Å². The minimum absolute atomic E-state index is 0.900. The number of methoxy groups -OCH3 is 1. The third-order valence-electron chi connectivity index (χ3n) is 5.84. The minimum atomic E-state index is 0.900. The average molecular weight is 412 g/mol. The summed E-state index contributed by atoms with van der Waals surface area (Å²) >= 11 is 0. The van der Waals surface area contributed by atoms with Gasteiger partial charge in [0.05, 0.1) is 12.6 Å². The van der Waals surface area contributed by atoms with E-state index in [0.29, 0.717) is 0 Å². The van der Waals surface area contributed by atoms with E-state index in [9.17, 15) is 0 Å². The summed E-state index contributed by atoms with van der Waals surface area (Å²) < 4.78 is 5.26. The van der Waals surface area contributed by atoms with Gasteiger partial charge in [0, 0.05) is 61.6 Å². The molecular weight excluding hydrogens is 386 g/mol. The zero-order chi connectivity index (χ0) is 21.0. The predicted molar refractivity (Wildman–Crippen MR) is 123 cm³/mol. The van der Waals surface area contributed by atoms with Crippen LogP contribution in [0.4, 0.5) is 5.82 Å². The molecule has 31 heavy (non-hydrogen) atoms. The molecule has 0 amide bonds. The van der Waals surface area contributed by atoms with E-state index in [4.69, 9.17) is 9.72 Å². The third kappa shape index (κ3) is 4.20. The maximum Gasteiger partial charge on any atom is 0.129 e. The fourth-order valence-corrected chi connectivity index (χ4v) is 4.11. The molecule has 5 rings (SSSR count). The monoisotopic (exact) mass is 411 g/mol. The molecule has 6 heteroatoms. The first-order valence-corrected chi connectivity index (χ1v) is 10.6. The van der Waals surface area contributed by atoms with Gasteiger partial charge in [-0.05, 0) is 29.8 Å². The molecule has 4 aromatic rings. The van der Waals surface area contributed by atoms with Crippen LogP contribution in [0.25, 0.3) is 22.0 Å². The molecule has 0 aliphatic carbocycles. The average Bonchev–Trinajstić information content (AvgIpc) is 2.85. The number of anilines is 1. The van der Waals surface area contributed by atoms with E-state index >= 15 is 0 Å². The maximum absolute atomic E-state index is 5.26. The number of piperazine rings is 1. The minimum Gasteiger partial charge on any atom is -0.497 e. The molecule has 0 N–H and O–H groups in total. The number of nitrogens with zero attached hydrogens (tertiary/aromatic N) is 5. The molecule has 2 aromatic carbocycles. The highest BCUT2D eigenvalue weighted by atomic mass is 16.5. The molecule has 6 nitrogen and oxygen atoms in total. The highest BCUT2D eigenvalue weighted by Gasteiger charge is 2.19. The van der Waals surface area contributed by atoms with Crippen molar-refractivity contribution in [3.05, 3.63) is 78.9 Å². The second-order valence-electron chi connectivity index (χ2n) is 7.79. The van der Waals surface area contributed by atoms with Crippen molar-refractivity contribution in [2.24, 2.45) is 0 Å². The Bertz CT molecular complexity index is 1160. The lowest BCUT2D eigenvalue weighted by molar-refractivity contribution is 0.249. The highest BCUT2D eigenvalue weighted by Crippen LogP contribution is 2.28. The van der Waals surface area contributed by atoms with Crippen LogP contribution in [0.1, 0.15) is 5.56 Å². The van der Waals surface area contributed by atoms with Crippen LogP contribution in [0.5, 0.6) is 5.75 Å². The molecule has 1 fully saturated rings. The van der Waals surface area contributed by atoms with Gasteiger partial charge in [0.1, 0.15) is 17.9 Å². The number of fused-ring (bicyclic) bond motifs is 1. The van der Waals surface area contributed by atoms with Gasteiger partial charge in [0.2, 0.25) is 0 Å². The number of pyridine rings is 1. The summed E-state index contributed by atoms with van der Waals surface area (Å²) in [7, 11) is 1.70. The number of para-hydroxylation sites is 1. The molecule has 1 aliphatic heterocycles. The van der Waals surface area contributed by atoms with Gasteiger partial charge >= 0.3 is 0 Å². The smallest absolute Gasteiger partial charge is 0.129 e. The van der Waals surface area contributed by atoms with E-state index in [-0.39, 0.29) is 0 Å². The third-order valence-corrected chi connectivity index (χ3v) is 5.84. The molecule has 0 bridgehead atoms. The second-order valence-corrected chi connectivity index (χ2v) is 7.79. The van der Waals surface area contributed by atoms with Gasteiger partial charge in [-0.25, -0.2) is 15.0 Å². The molecule has 3 heterocycles. The van der Waals surface area contributed by atoms with Crippen LogP contribution < -0.4 is 9.64 Å². The van der Waals surface area contributed by atoms with Crippen LogP contribution in [-0.2, 0) is 6.54 Å². The van der Waals surface area contributed by atoms with Gasteiger partial charge in [-0.1, -0.05) is 30.3 Å². The summed E-state index contributed by atoms with van der Waals surface area (Å²) in [4.78, 5) is 18.3. The first-order valence-electron chi connectivity index (χ1n) is 10.6. The first-order chi connectivity index (χ1) is 15.3. The molecule has 0 saturated carbocycles. The lowest BCUT2D eigenvalue weighted by atomic mass is 10.0. The summed E-state index contributed by atoms with van der Waals surface area (Å²) in [6.45, 7) is 4.91. The fourth-order valence-electron chi connectivity index (χ4n) is 4.11. The van der Waals surface area contributed by atoms with E-state index in [1.54, 1.807) is 13.4 Å². The van der Waals surface area contributed by atoms with Gasteiger partial charge in [-0.3, -0.25) is 4.90 Å². The quantitative estimate of drug-likeness (QED) is 0.494. The Morgan fingerprint density at radius 2 is 1.65 bits per heavy atom. The van der Waals surface area contributed by atoms with E-state index in [1.165, 1.54) is 5.56 Å². The Morgan fingerprint density at radius 3 is 2.39 bits per heavy atom. The summed E-state index contributed by atoms with van der Waals surface area (Å²) in [5.74, 6) is 1.93. The van der Waals surface area contributed by atoms with Gasteiger partial charge < -0.3 is 9.64 Å². The van der Waals surface area contributed by atoms with Crippen LogP contribution in [-0.4, -0.2) is 53.1 Å². The summed E-state index contributed by atoms with van der Waals surface area (Å²) in [5.41, 5.74) is 4.36. The Kier molecular flexibility index (Phi) is 5.46. The second kappa shape index (κ2) is 8.70. The normalized spacial score (nSPS) is 14.7. The van der Waals surface area contributed by atoms with Crippen LogP contribution in [0.2, 0.25) is 0 Å². The number of aromatic nitrogens is 3. The van der Waals surface area contributed by atoms with Crippen LogP contribution >= 0.6 is 0 Å². The summed E-state index contributed by atoms with van der Waals surface area (Å²) in [5, 5.41) is 1.13. The van der Waals surface area contributed by atoms with Crippen molar-refractivity contribution >= 4 is 16.7 Å². The molecule has 0 spiro atoms. The van der Waals surface area contributed by atoms with Crippen LogP contribution in [0.15, 0.2) is 73.3 Å². The molecule has 156 valence electrons. The number of hydrogen-bond donors (Lipinski definition) is 0. The number of hydrogen-bond acceptors (Lipinski definition) is 6. The van der Waals surface area contributed by atoms with Crippen LogP contribution in [0, 0.1) is 0 Å². The molecule has 2 aromatic heterocycles. The Balaban J connectivity index is 1.31. The van der Waals surface area contributed by atoms with Gasteiger partial charge in [0.25, 0.3) is 0 Å². The molecule has 0 unspecified atom stereocenters. The molecule has 1 saturated heterocycles. The van der Waals surface area contributed by atoms with Crippen molar-refractivity contribution in [1.82, 2.24) is 19.9 Å². The topological polar surface area (TPSA) is 54.4 Å². The Labute approximate surface area is 182 Å². The van der Waals surface area contributed by atoms with E-state index in [2.05, 4.69) is 62.2 Å². The standard InChI is InChI=1S/C25H25N5O/c1-31-22-8-5-19(6-9-22)17-29-11-13-30(14-12-29)24-10-7-20-3-2-4-23(25(20)28-24)21-15-26-18-27-16-21/h2-10,15-16,18H,11-14,17H2,1H3. The Morgan fingerprint density at radius 1 is 0.871 bits per heavy atom. The molecule has 0 atom stereocenters.